The highest BCUT2D eigenvalue weighted by molar-refractivity contribution is 8.14. The van der Waals surface area contributed by atoms with Crippen molar-refractivity contribution in [1.82, 2.24) is 5.32 Å². The van der Waals surface area contributed by atoms with Gasteiger partial charge in [0.25, 0.3) is 0 Å². The Morgan fingerprint density at radius 2 is 2.04 bits per heavy atom. The van der Waals surface area contributed by atoms with Crippen molar-refractivity contribution < 1.29 is 4.79 Å². The fourth-order valence-corrected chi connectivity index (χ4v) is 3.71. The molecule has 0 saturated heterocycles. The molecule has 0 unspecified atom stereocenters. The lowest BCUT2D eigenvalue weighted by molar-refractivity contribution is -0.115. The summed E-state index contributed by atoms with van der Waals surface area (Å²) < 4.78 is 0. The molecule has 0 fully saturated rings. The van der Waals surface area contributed by atoms with Gasteiger partial charge in [-0.1, -0.05) is 53.7 Å². The highest BCUT2D eigenvalue weighted by Gasteiger charge is 2.17. The molecule has 0 saturated carbocycles. The molecule has 138 valence electrons. The number of amidine groups is 1. The minimum Gasteiger partial charge on any atom is -0.363 e. The third kappa shape index (κ3) is 5.40. The van der Waals surface area contributed by atoms with Crippen LogP contribution in [0.15, 0.2) is 53.5 Å². The molecule has 3 rings (SSSR count). The maximum Gasteiger partial charge on any atom is 0.237 e. The largest absolute Gasteiger partial charge is 0.363 e. The summed E-state index contributed by atoms with van der Waals surface area (Å²) in [5, 5.41) is 4.69. The van der Waals surface area contributed by atoms with Crippen LogP contribution in [0, 0.1) is 0 Å². The molecule has 2 aromatic rings. The van der Waals surface area contributed by atoms with Gasteiger partial charge in [-0.2, -0.15) is 0 Å². The van der Waals surface area contributed by atoms with Crippen LogP contribution in [0.3, 0.4) is 0 Å². The van der Waals surface area contributed by atoms with Gasteiger partial charge in [0.1, 0.15) is 0 Å². The van der Waals surface area contributed by atoms with Crippen LogP contribution in [-0.4, -0.2) is 37.0 Å². The number of benzene rings is 2. The number of halogens is 2. The van der Waals surface area contributed by atoms with Crippen LogP contribution in [0.2, 0.25) is 5.02 Å². The first kappa shape index (κ1) is 20.6. The average molecular weight is 410 g/mol. The predicted molar refractivity (Wildman–Crippen MR) is 114 cm³/mol. The molecular formula is C19H21Cl2N3OS. The second kappa shape index (κ2) is 9.86. The number of thioether (sulfide) groups is 1. The maximum absolute atomic E-state index is 12.6. The van der Waals surface area contributed by atoms with Crippen molar-refractivity contribution in [2.75, 3.05) is 30.8 Å². The first-order chi connectivity index (χ1) is 12.1. The zero-order valence-electron chi connectivity index (χ0n) is 14.4. The smallest absolute Gasteiger partial charge is 0.237 e. The Morgan fingerprint density at radius 1 is 1.27 bits per heavy atom. The minimum atomic E-state index is 0. The number of hydrogen-bond donors (Lipinski definition) is 1. The Balaban J connectivity index is 0.00000243. The number of carbonyl (C=O) groups is 1. The number of amides is 1. The minimum absolute atomic E-state index is 0. The van der Waals surface area contributed by atoms with E-state index >= 15 is 0 Å². The van der Waals surface area contributed by atoms with Crippen molar-refractivity contribution in [1.29, 1.82) is 0 Å². The summed E-state index contributed by atoms with van der Waals surface area (Å²) in [5.74, 6) is 0.397. The fraction of sp³-hybridized carbons (Fsp3) is 0.263. The normalized spacial score (nSPS) is 12.8. The van der Waals surface area contributed by atoms with E-state index in [-0.39, 0.29) is 18.3 Å². The van der Waals surface area contributed by atoms with E-state index in [0.717, 1.165) is 35.9 Å². The van der Waals surface area contributed by atoms with Gasteiger partial charge < -0.3 is 10.2 Å². The SMILES string of the molecule is CN(C(=O)CSC1=NCCN1)c1ccc(Cl)cc1Cc1ccccc1.Cl. The van der Waals surface area contributed by atoms with Gasteiger partial charge in [0.05, 0.1) is 12.3 Å². The van der Waals surface area contributed by atoms with Crippen molar-refractivity contribution in [2.45, 2.75) is 6.42 Å². The summed E-state index contributed by atoms with van der Waals surface area (Å²) in [5.41, 5.74) is 3.11. The molecule has 1 heterocycles. The Labute approximate surface area is 169 Å². The molecule has 7 heteroatoms. The van der Waals surface area contributed by atoms with Gasteiger partial charge in [0.2, 0.25) is 5.91 Å². The van der Waals surface area contributed by atoms with Crippen molar-refractivity contribution in [2.24, 2.45) is 4.99 Å². The second-order valence-corrected chi connectivity index (χ2v) is 7.19. The van der Waals surface area contributed by atoms with E-state index in [1.54, 1.807) is 4.90 Å². The van der Waals surface area contributed by atoms with Crippen molar-refractivity contribution >= 4 is 52.5 Å². The van der Waals surface area contributed by atoms with E-state index < -0.39 is 0 Å². The van der Waals surface area contributed by atoms with Crippen LogP contribution in [0.25, 0.3) is 0 Å². The van der Waals surface area contributed by atoms with Crippen LogP contribution in [0.1, 0.15) is 11.1 Å². The molecule has 4 nitrogen and oxygen atoms in total. The summed E-state index contributed by atoms with van der Waals surface area (Å²) in [4.78, 5) is 18.6. The number of anilines is 1. The van der Waals surface area contributed by atoms with Gasteiger partial charge in [0.15, 0.2) is 5.17 Å². The summed E-state index contributed by atoms with van der Waals surface area (Å²) in [6.07, 6.45) is 0.732. The van der Waals surface area contributed by atoms with Crippen LogP contribution >= 0.6 is 35.8 Å². The molecular weight excluding hydrogens is 389 g/mol. The van der Waals surface area contributed by atoms with Gasteiger partial charge >= 0.3 is 0 Å². The molecule has 0 spiro atoms. The lowest BCUT2D eigenvalue weighted by atomic mass is 10.0. The van der Waals surface area contributed by atoms with E-state index in [4.69, 9.17) is 11.6 Å². The summed E-state index contributed by atoms with van der Waals surface area (Å²) >= 11 is 7.63. The van der Waals surface area contributed by atoms with E-state index in [9.17, 15) is 4.79 Å². The van der Waals surface area contributed by atoms with Crippen LogP contribution in [0.4, 0.5) is 5.69 Å². The molecule has 26 heavy (non-hydrogen) atoms. The molecule has 1 aliphatic heterocycles. The molecule has 0 radical (unpaired) electrons. The Bertz CT molecular complexity index is 784. The van der Waals surface area contributed by atoms with E-state index in [2.05, 4.69) is 22.4 Å². The van der Waals surface area contributed by atoms with Gasteiger partial charge in [-0.15, -0.1) is 12.4 Å². The van der Waals surface area contributed by atoms with Gasteiger partial charge in [0, 0.05) is 24.3 Å². The third-order valence-electron chi connectivity index (χ3n) is 3.99. The quantitative estimate of drug-likeness (QED) is 0.810. The summed E-state index contributed by atoms with van der Waals surface area (Å²) in [6, 6.07) is 15.8. The fourth-order valence-electron chi connectivity index (χ4n) is 2.67. The maximum atomic E-state index is 12.6. The molecule has 2 aromatic carbocycles. The number of nitrogens with one attached hydrogen (secondary N) is 1. The van der Waals surface area contributed by atoms with Gasteiger partial charge in [-0.05, 0) is 35.7 Å². The van der Waals surface area contributed by atoms with E-state index in [1.165, 1.54) is 17.3 Å². The lowest BCUT2D eigenvalue weighted by Crippen LogP contribution is -2.30. The molecule has 0 bridgehead atoms. The standard InChI is InChI=1S/C19H20ClN3OS.ClH/c1-23(18(24)13-25-19-21-9-10-22-19)17-8-7-16(20)12-15(17)11-14-5-3-2-4-6-14;/h2-8,12H,9-11,13H2,1H3,(H,21,22);1H. The zero-order valence-corrected chi connectivity index (χ0v) is 16.8. The highest BCUT2D eigenvalue weighted by atomic mass is 35.5. The van der Waals surface area contributed by atoms with Crippen LogP contribution in [0.5, 0.6) is 0 Å². The van der Waals surface area contributed by atoms with E-state index in [0.29, 0.717) is 10.8 Å². The highest BCUT2D eigenvalue weighted by Crippen LogP contribution is 2.26. The molecule has 1 N–H and O–H groups in total. The second-order valence-electron chi connectivity index (χ2n) is 5.79. The number of aliphatic imine (C=N–C) groups is 1. The Kier molecular flexibility index (Phi) is 7.82. The summed E-state index contributed by atoms with van der Waals surface area (Å²) in [6.45, 7) is 1.63. The number of hydrogen-bond acceptors (Lipinski definition) is 4. The Hall–Kier alpha value is -1.69. The molecule has 0 aromatic heterocycles. The molecule has 0 atom stereocenters. The van der Waals surface area contributed by atoms with Crippen molar-refractivity contribution in [3.05, 3.63) is 64.7 Å². The van der Waals surface area contributed by atoms with Gasteiger partial charge in [-0.3, -0.25) is 9.79 Å². The average Bonchev–Trinajstić information content (AvgIpc) is 3.14. The predicted octanol–water partition coefficient (Wildman–Crippen LogP) is 4.01. The lowest BCUT2D eigenvalue weighted by Gasteiger charge is -2.21. The number of nitrogens with zero attached hydrogens (tertiary/aromatic N) is 2. The van der Waals surface area contributed by atoms with Crippen LogP contribution in [-0.2, 0) is 11.2 Å². The molecule has 1 aliphatic rings. The van der Waals surface area contributed by atoms with Crippen molar-refractivity contribution in [3.8, 4) is 0 Å². The van der Waals surface area contributed by atoms with Gasteiger partial charge in [-0.25, -0.2) is 0 Å². The molecule has 0 aliphatic carbocycles. The zero-order chi connectivity index (χ0) is 17.6. The third-order valence-corrected chi connectivity index (χ3v) is 5.16. The Morgan fingerprint density at radius 3 is 2.73 bits per heavy atom. The van der Waals surface area contributed by atoms with Crippen molar-refractivity contribution in [3.63, 3.8) is 0 Å². The molecule has 1 amide bonds. The topological polar surface area (TPSA) is 44.7 Å². The first-order valence-corrected chi connectivity index (χ1v) is 9.50. The monoisotopic (exact) mass is 409 g/mol. The summed E-state index contributed by atoms with van der Waals surface area (Å²) in [7, 11) is 1.81. The van der Waals surface area contributed by atoms with E-state index in [1.807, 2.05) is 43.4 Å². The number of rotatable bonds is 5. The number of carbonyl (C=O) groups excluding carboxylic acids is 1. The first-order valence-electron chi connectivity index (χ1n) is 8.13. The van der Waals surface area contributed by atoms with Crippen LogP contribution < -0.4 is 10.2 Å².